The van der Waals surface area contributed by atoms with E-state index in [9.17, 15) is 0 Å². The molecular weight excluding hydrogens is 254 g/mol. The van der Waals surface area contributed by atoms with Gasteiger partial charge in [-0.2, -0.15) is 0 Å². The maximum atomic E-state index is 5.36. The summed E-state index contributed by atoms with van der Waals surface area (Å²) in [6, 6.07) is 13.6. The quantitative estimate of drug-likeness (QED) is 0.876. The van der Waals surface area contributed by atoms with Crippen LogP contribution in [-0.4, -0.2) is 21.3 Å². The van der Waals surface area contributed by atoms with Crippen molar-refractivity contribution >= 4 is 5.69 Å². The molecule has 0 spiro atoms. The molecule has 106 valence electrons. The Morgan fingerprint density at radius 3 is 2.30 bits per heavy atom. The van der Waals surface area contributed by atoms with Gasteiger partial charge in [-0.15, -0.1) is 0 Å². The van der Waals surface area contributed by atoms with Crippen LogP contribution in [-0.2, 0) is 6.54 Å². The molecule has 4 heteroatoms. The van der Waals surface area contributed by atoms with Gasteiger partial charge in [0, 0.05) is 23.9 Å². The zero-order chi connectivity index (χ0) is 14.4. The first-order chi connectivity index (χ1) is 9.76. The van der Waals surface area contributed by atoms with Crippen molar-refractivity contribution in [3.05, 3.63) is 48.0 Å². The van der Waals surface area contributed by atoms with E-state index in [0.717, 1.165) is 28.5 Å². The number of hydrogen-bond donors (Lipinski definition) is 1. The zero-order valence-electron chi connectivity index (χ0n) is 12.0. The number of anilines is 1. The molecule has 0 aromatic heterocycles. The average Bonchev–Trinajstić information content (AvgIpc) is 2.52. The van der Waals surface area contributed by atoms with E-state index in [1.807, 2.05) is 42.5 Å². The van der Waals surface area contributed by atoms with Gasteiger partial charge < -0.3 is 19.5 Å². The normalized spacial score (nSPS) is 9.95. The van der Waals surface area contributed by atoms with E-state index in [1.165, 1.54) is 0 Å². The number of hydrogen-bond acceptors (Lipinski definition) is 4. The Labute approximate surface area is 119 Å². The lowest BCUT2D eigenvalue weighted by molar-refractivity contribution is 0.399. The Bertz CT molecular complexity index is 569. The van der Waals surface area contributed by atoms with Gasteiger partial charge in [-0.05, 0) is 30.3 Å². The van der Waals surface area contributed by atoms with Crippen LogP contribution in [0.15, 0.2) is 42.5 Å². The van der Waals surface area contributed by atoms with Gasteiger partial charge in [0.2, 0.25) is 0 Å². The number of benzene rings is 2. The molecule has 1 N–H and O–H groups in total. The SMILES string of the molecule is COc1cccc(NCc2cc(OC)ccc2OC)c1. The second kappa shape index (κ2) is 6.70. The molecule has 0 radical (unpaired) electrons. The predicted octanol–water partition coefficient (Wildman–Crippen LogP) is 3.32. The Morgan fingerprint density at radius 1 is 0.850 bits per heavy atom. The van der Waals surface area contributed by atoms with E-state index in [0.29, 0.717) is 6.54 Å². The fourth-order valence-corrected chi connectivity index (χ4v) is 1.95. The van der Waals surface area contributed by atoms with Crippen LogP contribution in [0.25, 0.3) is 0 Å². The zero-order valence-corrected chi connectivity index (χ0v) is 12.0. The molecule has 0 amide bonds. The van der Waals surface area contributed by atoms with Gasteiger partial charge in [0.15, 0.2) is 0 Å². The van der Waals surface area contributed by atoms with Crippen LogP contribution in [0.3, 0.4) is 0 Å². The first-order valence-electron chi connectivity index (χ1n) is 6.35. The highest BCUT2D eigenvalue weighted by Crippen LogP contribution is 2.25. The van der Waals surface area contributed by atoms with Crippen molar-refractivity contribution < 1.29 is 14.2 Å². The molecule has 2 rings (SSSR count). The summed E-state index contributed by atoms with van der Waals surface area (Å²) in [7, 11) is 4.97. The van der Waals surface area contributed by atoms with E-state index in [-0.39, 0.29) is 0 Å². The van der Waals surface area contributed by atoms with E-state index < -0.39 is 0 Å². The van der Waals surface area contributed by atoms with Crippen LogP contribution in [0.2, 0.25) is 0 Å². The third kappa shape index (κ3) is 3.35. The summed E-state index contributed by atoms with van der Waals surface area (Å²) in [5.41, 5.74) is 2.03. The summed E-state index contributed by atoms with van der Waals surface area (Å²) in [5.74, 6) is 2.47. The molecule has 0 saturated carbocycles. The lowest BCUT2D eigenvalue weighted by Gasteiger charge is -2.12. The summed E-state index contributed by atoms with van der Waals surface area (Å²) >= 11 is 0. The van der Waals surface area contributed by atoms with Crippen molar-refractivity contribution in [2.24, 2.45) is 0 Å². The number of methoxy groups -OCH3 is 3. The Morgan fingerprint density at radius 2 is 1.60 bits per heavy atom. The van der Waals surface area contributed by atoms with Crippen LogP contribution >= 0.6 is 0 Å². The molecule has 2 aromatic rings. The van der Waals surface area contributed by atoms with Crippen LogP contribution in [0, 0.1) is 0 Å². The highest BCUT2D eigenvalue weighted by atomic mass is 16.5. The maximum Gasteiger partial charge on any atom is 0.124 e. The number of rotatable bonds is 6. The van der Waals surface area contributed by atoms with E-state index >= 15 is 0 Å². The summed E-state index contributed by atoms with van der Waals surface area (Å²) in [6.07, 6.45) is 0. The highest BCUT2D eigenvalue weighted by molar-refractivity contribution is 5.50. The molecule has 0 atom stereocenters. The summed E-state index contributed by atoms with van der Waals surface area (Å²) in [6.45, 7) is 0.646. The molecule has 4 nitrogen and oxygen atoms in total. The molecule has 0 heterocycles. The van der Waals surface area contributed by atoms with Gasteiger partial charge in [0.25, 0.3) is 0 Å². The molecule has 0 saturated heterocycles. The lowest BCUT2D eigenvalue weighted by atomic mass is 10.2. The molecule has 0 aliphatic carbocycles. The minimum absolute atomic E-state index is 0.646. The van der Waals surface area contributed by atoms with Gasteiger partial charge >= 0.3 is 0 Å². The molecule has 0 aliphatic rings. The summed E-state index contributed by atoms with van der Waals surface area (Å²) < 4.78 is 15.8. The fourth-order valence-electron chi connectivity index (χ4n) is 1.95. The lowest BCUT2D eigenvalue weighted by Crippen LogP contribution is -2.02. The minimum atomic E-state index is 0.646. The van der Waals surface area contributed by atoms with E-state index in [2.05, 4.69) is 5.32 Å². The molecule has 20 heavy (non-hydrogen) atoms. The third-order valence-corrected chi connectivity index (χ3v) is 3.04. The van der Waals surface area contributed by atoms with E-state index in [1.54, 1.807) is 21.3 Å². The average molecular weight is 273 g/mol. The minimum Gasteiger partial charge on any atom is -0.497 e. The monoisotopic (exact) mass is 273 g/mol. The van der Waals surface area contributed by atoms with Crippen molar-refractivity contribution in [3.8, 4) is 17.2 Å². The summed E-state index contributed by atoms with van der Waals surface area (Å²) in [4.78, 5) is 0. The van der Waals surface area contributed by atoms with Gasteiger partial charge in [0.05, 0.1) is 21.3 Å². The first kappa shape index (κ1) is 14.1. The van der Waals surface area contributed by atoms with Gasteiger partial charge in [-0.3, -0.25) is 0 Å². The van der Waals surface area contributed by atoms with Gasteiger partial charge in [-0.25, -0.2) is 0 Å². The van der Waals surface area contributed by atoms with Crippen molar-refractivity contribution in [3.63, 3.8) is 0 Å². The molecule has 0 aliphatic heterocycles. The van der Waals surface area contributed by atoms with Crippen LogP contribution in [0.1, 0.15) is 5.56 Å². The fraction of sp³-hybridized carbons (Fsp3) is 0.250. The van der Waals surface area contributed by atoms with Gasteiger partial charge in [-0.1, -0.05) is 6.07 Å². The predicted molar refractivity (Wildman–Crippen MR) is 79.9 cm³/mol. The molecule has 0 unspecified atom stereocenters. The second-order valence-corrected chi connectivity index (χ2v) is 4.26. The number of ether oxygens (including phenoxy) is 3. The van der Waals surface area contributed by atoms with Crippen molar-refractivity contribution in [2.45, 2.75) is 6.54 Å². The smallest absolute Gasteiger partial charge is 0.124 e. The van der Waals surface area contributed by atoms with E-state index in [4.69, 9.17) is 14.2 Å². The topological polar surface area (TPSA) is 39.7 Å². The standard InChI is InChI=1S/C16H19NO3/c1-18-14-6-4-5-13(10-14)17-11-12-9-15(19-2)7-8-16(12)20-3/h4-10,17H,11H2,1-3H3. The van der Waals surface area contributed by atoms with Crippen molar-refractivity contribution in [1.82, 2.24) is 0 Å². The Hall–Kier alpha value is -2.36. The summed E-state index contributed by atoms with van der Waals surface area (Å²) in [5, 5.41) is 3.35. The van der Waals surface area contributed by atoms with Crippen LogP contribution in [0.4, 0.5) is 5.69 Å². The Kier molecular flexibility index (Phi) is 4.71. The molecular formula is C16H19NO3. The van der Waals surface area contributed by atoms with Crippen LogP contribution in [0.5, 0.6) is 17.2 Å². The molecule has 0 bridgehead atoms. The highest BCUT2D eigenvalue weighted by Gasteiger charge is 2.05. The Balaban J connectivity index is 2.12. The molecule has 0 fully saturated rings. The first-order valence-corrected chi connectivity index (χ1v) is 6.35. The maximum absolute atomic E-state index is 5.36. The van der Waals surface area contributed by atoms with Crippen molar-refractivity contribution in [1.29, 1.82) is 0 Å². The van der Waals surface area contributed by atoms with Crippen LogP contribution < -0.4 is 19.5 Å². The molecule has 2 aromatic carbocycles. The van der Waals surface area contributed by atoms with Crippen molar-refractivity contribution in [2.75, 3.05) is 26.6 Å². The second-order valence-electron chi connectivity index (χ2n) is 4.26. The van der Waals surface area contributed by atoms with Gasteiger partial charge in [0.1, 0.15) is 17.2 Å². The largest absolute Gasteiger partial charge is 0.497 e. The number of nitrogens with one attached hydrogen (secondary N) is 1. The third-order valence-electron chi connectivity index (χ3n) is 3.04.